The lowest BCUT2D eigenvalue weighted by Gasteiger charge is -2.12. The first-order valence-corrected chi connectivity index (χ1v) is 7.66. The zero-order valence-corrected chi connectivity index (χ0v) is 12.0. The van der Waals surface area contributed by atoms with Crippen LogP contribution in [0, 0.1) is 5.92 Å². The number of nitrogens with zero attached hydrogens (tertiary/aromatic N) is 1. The van der Waals surface area contributed by atoms with Crippen molar-refractivity contribution in [2.45, 2.75) is 12.8 Å². The average Bonchev–Trinajstić information content (AvgIpc) is 2.90. The highest BCUT2D eigenvalue weighted by molar-refractivity contribution is 7.18. The van der Waals surface area contributed by atoms with Gasteiger partial charge in [0.1, 0.15) is 0 Å². The maximum atomic E-state index is 9.60. The van der Waals surface area contributed by atoms with Crippen molar-refractivity contribution in [3.8, 4) is 0 Å². The molecule has 0 fully saturated rings. The third-order valence-corrected chi connectivity index (χ3v) is 4.49. The van der Waals surface area contributed by atoms with Crippen LogP contribution >= 0.6 is 11.3 Å². The van der Waals surface area contributed by atoms with Crippen molar-refractivity contribution < 1.29 is 5.11 Å². The number of rotatable bonds is 5. The lowest BCUT2D eigenvalue weighted by Crippen LogP contribution is -2.12. The molecule has 0 bridgehead atoms. The summed E-state index contributed by atoms with van der Waals surface area (Å²) in [4.78, 5) is 4.65. The Kier molecular flexibility index (Phi) is 4.09. The van der Waals surface area contributed by atoms with Gasteiger partial charge in [0, 0.05) is 13.0 Å². The van der Waals surface area contributed by atoms with Crippen LogP contribution in [-0.2, 0) is 12.8 Å². The van der Waals surface area contributed by atoms with E-state index < -0.39 is 0 Å². The number of fused-ring (bicyclic) bond motifs is 1. The molecule has 0 saturated carbocycles. The summed E-state index contributed by atoms with van der Waals surface area (Å²) >= 11 is 1.73. The zero-order valence-electron chi connectivity index (χ0n) is 11.2. The molecule has 2 aromatic carbocycles. The molecular formula is C17H17NOS. The Morgan fingerprint density at radius 3 is 2.45 bits per heavy atom. The molecule has 20 heavy (non-hydrogen) atoms. The number of hydrogen-bond donors (Lipinski definition) is 1. The number of thiazole rings is 1. The minimum absolute atomic E-state index is 0.199. The number of hydrogen-bond acceptors (Lipinski definition) is 3. The quantitative estimate of drug-likeness (QED) is 0.774. The van der Waals surface area contributed by atoms with E-state index in [4.69, 9.17) is 0 Å². The van der Waals surface area contributed by atoms with E-state index in [-0.39, 0.29) is 12.5 Å². The number of aliphatic hydroxyl groups is 1. The Bertz CT molecular complexity index is 645. The number of aliphatic hydroxyl groups excluding tert-OH is 1. The van der Waals surface area contributed by atoms with Crippen LogP contribution in [0.15, 0.2) is 54.6 Å². The molecule has 0 aliphatic heterocycles. The van der Waals surface area contributed by atoms with Crippen LogP contribution in [0.4, 0.5) is 0 Å². The predicted molar refractivity (Wildman–Crippen MR) is 84.0 cm³/mol. The fourth-order valence-corrected chi connectivity index (χ4v) is 3.48. The van der Waals surface area contributed by atoms with E-state index in [1.165, 1.54) is 10.3 Å². The molecule has 3 heteroatoms. The molecule has 2 nitrogen and oxygen atoms in total. The molecule has 3 aromatic rings. The van der Waals surface area contributed by atoms with Gasteiger partial charge >= 0.3 is 0 Å². The third-order valence-electron chi connectivity index (χ3n) is 3.43. The normalized spacial score (nSPS) is 12.7. The zero-order chi connectivity index (χ0) is 13.8. The Balaban J connectivity index is 1.74. The van der Waals surface area contributed by atoms with E-state index in [1.807, 2.05) is 36.4 Å². The predicted octanol–water partition coefficient (Wildman–Crippen LogP) is 3.69. The second kappa shape index (κ2) is 6.16. The summed E-state index contributed by atoms with van der Waals surface area (Å²) in [5, 5.41) is 10.7. The monoisotopic (exact) mass is 283 g/mol. The fourth-order valence-electron chi connectivity index (χ4n) is 2.40. The molecule has 1 N–H and O–H groups in total. The molecule has 1 aromatic heterocycles. The van der Waals surface area contributed by atoms with Crippen LogP contribution in [-0.4, -0.2) is 16.7 Å². The van der Waals surface area contributed by atoms with Crippen LogP contribution in [0.1, 0.15) is 10.6 Å². The summed E-state index contributed by atoms with van der Waals surface area (Å²) in [6.07, 6.45) is 1.73. The van der Waals surface area contributed by atoms with E-state index in [9.17, 15) is 5.11 Å². The van der Waals surface area contributed by atoms with E-state index in [0.29, 0.717) is 0 Å². The molecule has 1 atom stereocenters. The van der Waals surface area contributed by atoms with Gasteiger partial charge < -0.3 is 5.11 Å². The second-order valence-electron chi connectivity index (χ2n) is 5.02. The van der Waals surface area contributed by atoms with Crippen LogP contribution in [0.25, 0.3) is 10.2 Å². The number of aromatic nitrogens is 1. The third kappa shape index (κ3) is 3.06. The molecule has 1 heterocycles. The fraction of sp³-hybridized carbons (Fsp3) is 0.235. The maximum absolute atomic E-state index is 9.60. The SMILES string of the molecule is OCC(Cc1ccccc1)Cc1nc2ccccc2s1. The summed E-state index contributed by atoms with van der Waals surface area (Å²) in [5.41, 5.74) is 2.33. The van der Waals surface area contributed by atoms with Crippen molar-refractivity contribution in [1.82, 2.24) is 4.98 Å². The topological polar surface area (TPSA) is 33.1 Å². The Hall–Kier alpha value is -1.71. The van der Waals surface area contributed by atoms with Crippen LogP contribution in [0.3, 0.4) is 0 Å². The van der Waals surface area contributed by atoms with Crippen LogP contribution < -0.4 is 0 Å². The van der Waals surface area contributed by atoms with Gasteiger partial charge in [-0.05, 0) is 30.0 Å². The van der Waals surface area contributed by atoms with Gasteiger partial charge in [0.25, 0.3) is 0 Å². The summed E-state index contributed by atoms with van der Waals surface area (Å²) in [6.45, 7) is 0.199. The minimum Gasteiger partial charge on any atom is -0.396 e. The molecular weight excluding hydrogens is 266 g/mol. The van der Waals surface area contributed by atoms with Crippen LogP contribution in [0.2, 0.25) is 0 Å². The van der Waals surface area contributed by atoms with Crippen molar-refractivity contribution in [3.63, 3.8) is 0 Å². The van der Waals surface area contributed by atoms with Gasteiger partial charge in [0.05, 0.1) is 15.2 Å². The highest BCUT2D eigenvalue weighted by atomic mass is 32.1. The molecule has 0 spiro atoms. The number of benzene rings is 2. The van der Waals surface area contributed by atoms with E-state index in [2.05, 4.69) is 23.2 Å². The standard InChI is InChI=1S/C17H17NOS/c19-12-14(10-13-6-2-1-3-7-13)11-17-18-15-8-4-5-9-16(15)20-17/h1-9,14,19H,10-12H2. The highest BCUT2D eigenvalue weighted by Gasteiger charge is 2.12. The minimum atomic E-state index is 0.199. The summed E-state index contributed by atoms with van der Waals surface area (Å²) in [5.74, 6) is 0.234. The van der Waals surface area contributed by atoms with Gasteiger partial charge in [0.2, 0.25) is 0 Å². The van der Waals surface area contributed by atoms with Gasteiger partial charge in [-0.2, -0.15) is 0 Å². The molecule has 0 radical (unpaired) electrons. The second-order valence-corrected chi connectivity index (χ2v) is 6.13. The van der Waals surface area contributed by atoms with Gasteiger partial charge in [-0.3, -0.25) is 0 Å². The summed E-state index contributed by atoms with van der Waals surface area (Å²) in [6, 6.07) is 18.5. The van der Waals surface area contributed by atoms with Gasteiger partial charge in [-0.1, -0.05) is 42.5 Å². The van der Waals surface area contributed by atoms with Crippen molar-refractivity contribution in [1.29, 1.82) is 0 Å². The summed E-state index contributed by atoms with van der Waals surface area (Å²) < 4.78 is 1.22. The van der Waals surface area contributed by atoms with E-state index in [0.717, 1.165) is 23.4 Å². The molecule has 0 amide bonds. The van der Waals surface area contributed by atoms with Crippen molar-refractivity contribution in [3.05, 3.63) is 65.2 Å². The van der Waals surface area contributed by atoms with E-state index >= 15 is 0 Å². The Morgan fingerprint density at radius 2 is 1.70 bits per heavy atom. The molecule has 1 unspecified atom stereocenters. The van der Waals surface area contributed by atoms with Gasteiger partial charge in [0.15, 0.2) is 0 Å². The first-order valence-electron chi connectivity index (χ1n) is 6.84. The molecule has 102 valence electrons. The molecule has 3 rings (SSSR count). The summed E-state index contributed by atoms with van der Waals surface area (Å²) in [7, 11) is 0. The van der Waals surface area contributed by atoms with Gasteiger partial charge in [-0.15, -0.1) is 11.3 Å². The lowest BCUT2D eigenvalue weighted by molar-refractivity contribution is 0.225. The smallest absolute Gasteiger partial charge is 0.0942 e. The highest BCUT2D eigenvalue weighted by Crippen LogP contribution is 2.24. The van der Waals surface area contributed by atoms with Crippen molar-refractivity contribution in [2.75, 3.05) is 6.61 Å². The lowest BCUT2D eigenvalue weighted by atomic mass is 9.97. The Labute approximate surface area is 122 Å². The van der Waals surface area contributed by atoms with Crippen molar-refractivity contribution >= 4 is 21.6 Å². The number of para-hydroxylation sites is 1. The maximum Gasteiger partial charge on any atom is 0.0942 e. The average molecular weight is 283 g/mol. The molecule has 0 saturated heterocycles. The molecule has 0 aliphatic rings. The first-order chi connectivity index (χ1) is 9.85. The van der Waals surface area contributed by atoms with Gasteiger partial charge in [-0.25, -0.2) is 4.98 Å². The van der Waals surface area contributed by atoms with Crippen molar-refractivity contribution in [2.24, 2.45) is 5.92 Å². The first kappa shape index (κ1) is 13.3. The molecule has 0 aliphatic carbocycles. The van der Waals surface area contributed by atoms with Crippen LogP contribution in [0.5, 0.6) is 0 Å². The largest absolute Gasteiger partial charge is 0.396 e. The van der Waals surface area contributed by atoms with E-state index in [1.54, 1.807) is 11.3 Å². The Morgan fingerprint density at radius 1 is 0.950 bits per heavy atom.